The van der Waals surface area contributed by atoms with Crippen LogP contribution in [0, 0.1) is 0 Å². The van der Waals surface area contributed by atoms with Gasteiger partial charge in [-0.3, -0.25) is 0 Å². The van der Waals surface area contributed by atoms with Crippen molar-refractivity contribution in [3.8, 4) is 44.5 Å². The van der Waals surface area contributed by atoms with Crippen molar-refractivity contribution in [3.05, 3.63) is 133 Å². The summed E-state index contributed by atoms with van der Waals surface area (Å²) in [6.07, 6.45) is 0. The van der Waals surface area contributed by atoms with Gasteiger partial charge in [-0.1, -0.05) is 135 Å². The van der Waals surface area contributed by atoms with Gasteiger partial charge in [0.2, 0.25) is 0 Å². The maximum absolute atomic E-state index is 2.40. The maximum Gasteiger partial charge on any atom is -0.00641 e. The van der Waals surface area contributed by atoms with Gasteiger partial charge in [-0.15, -0.1) is 0 Å². The molecule has 0 saturated heterocycles. The van der Waals surface area contributed by atoms with Crippen molar-refractivity contribution in [3.63, 3.8) is 0 Å². The zero-order valence-electron chi connectivity index (χ0n) is 19.2. The van der Waals surface area contributed by atoms with Gasteiger partial charge >= 0.3 is 0 Å². The Morgan fingerprint density at radius 1 is 0.394 bits per heavy atom. The molecule has 0 atom stereocenters. The lowest BCUT2D eigenvalue weighted by Crippen LogP contribution is -2.02. The highest BCUT2D eigenvalue weighted by Gasteiger charge is 2.23. The van der Waals surface area contributed by atoms with Gasteiger partial charge in [0, 0.05) is 0 Å². The molecule has 0 bridgehead atoms. The summed E-state index contributed by atoms with van der Waals surface area (Å²) in [4.78, 5) is 0. The van der Waals surface area contributed by atoms with E-state index in [2.05, 4.69) is 141 Å². The summed E-state index contributed by atoms with van der Waals surface area (Å²) in [5.74, 6) is 0.349. The second kappa shape index (κ2) is 9.30. The van der Waals surface area contributed by atoms with Gasteiger partial charge in [-0.2, -0.15) is 0 Å². The van der Waals surface area contributed by atoms with E-state index in [1.54, 1.807) is 0 Å². The van der Waals surface area contributed by atoms with E-state index in [0.717, 1.165) is 0 Å². The number of hydrogen-bond donors (Lipinski definition) is 0. The first kappa shape index (κ1) is 21.0. The molecule has 0 aliphatic heterocycles. The van der Waals surface area contributed by atoms with E-state index in [1.807, 2.05) is 0 Å². The van der Waals surface area contributed by atoms with E-state index in [4.69, 9.17) is 0 Å². The van der Waals surface area contributed by atoms with Crippen LogP contribution in [0.15, 0.2) is 127 Å². The van der Waals surface area contributed by atoms with Crippen LogP contribution >= 0.6 is 0 Å². The van der Waals surface area contributed by atoms with Gasteiger partial charge in [0.1, 0.15) is 0 Å². The van der Waals surface area contributed by atoms with Gasteiger partial charge in [-0.05, 0) is 62.1 Å². The summed E-state index contributed by atoms with van der Waals surface area (Å²) in [5.41, 5.74) is 11.6. The Morgan fingerprint density at radius 2 is 0.697 bits per heavy atom. The van der Waals surface area contributed by atoms with E-state index in [9.17, 15) is 0 Å². The lowest BCUT2D eigenvalue weighted by atomic mass is 9.78. The van der Waals surface area contributed by atoms with Gasteiger partial charge < -0.3 is 0 Å². The standard InChI is InChI=1S/C33H28/c1-24(2)31-32(27-19-11-5-12-20-27)29(25-15-7-3-8-16-25)23-30(26-17-9-4-10-18-26)33(31)28-21-13-6-14-22-28/h3-24H,1-2H3. The Bertz CT molecular complexity index is 1230. The van der Waals surface area contributed by atoms with Crippen molar-refractivity contribution in [2.75, 3.05) is 0 Å². The zero-order valence-corrected chi connectivity index (χ0v) is 19.2. The fourth-order valence-electron chi connectivity index (χ4n) is 4.80. The smallest absolute Gasteiger partial charge is 0.00641 e. The molecule has 0 N–H and O–H groups in total. The molecule has 0 aromatic heterocycles. The maximum atomic E-state index is 2.40. The average Bonchev–Trinajstić information content (AvgIpc) is 2.89. The van der Waals surface area contributed by atoms with Crippen LogP contribution in [0.5, 0.6) is 0 Å². The van der Waals surface area contributed by atoms with Gasteiger partial charge in [0.05, 0.1) is 0 Å². The zero-order chi connectivity index (χ0) is 22.6. The van der Waals surface area contributed by atoms with Crippen molar-refractivity contribution in [1.29, 1.82) is 0 Å². The Labute approximate surface area is 197 Å². The topological polar surface area (TPSA) is 0 Å². The molecule has 0 saturated carbocycles. The van der Waals surface area contributed by atoms with E-state index in [-0.39, 0.29) is 0 Å². The molecular formula is C33H28. The van der Waals surface area contributed by atoms with Crippen LogP contribution in [-0.4, -0.2) is 0 Å². The van der Waals surface area contributed by atoms with Crippen LogP contribution < -0.4 is 0 Å². The Balaban J connectivity index is 1.97. The second-order valence-electron chi connectivity index (χ2n) is 8.75. The summed E-state index contributed by atoms with van der Waals surface area (Å²) < 4.78 is 0. The Hall–Kier alpha value is -3.90. The van der Waals surface area contributed by atoms with Gasteiger partial charge in [0.15, 0.2) is 0 Å². The van der Waals surface area contributed by atoms with Gasteiger partial charge in [0.25, 0.3) is 0 Å². The molecule has 160 valence electrons. The largest absolute Gasteiger partial charge is 0.0622 e. The van der Waals surface area contributed by atoms with Crippen molar-refractivity contribution >= 4 is 0 Å². The third-order valence-corrected chi connectivity index (χ3v) is 6.24. The Kier molecular flexibility index (Phi) is 5.91. The molecule has 0 aliphatic carbocycles. The van der Waals surface area contributed by atoms with Crippen molar-refractivity contribution in [1.82, 2.24) is 0 Å². The molecular weight excluding hydrogens is 396 g/mol. The molecule has 33 heavy (non-hydrogen) atoms. The molecule has 5 aromatic rings. The third-order valence-electron chi connectivity index (χ3n) is 6.24. The minimum absolute atomic E-state index is 0.349. The van der Waals surface area contributed by atoms with Crippen molar-refractivity contribution < 1.29 is 0 Å². The van der Waals surface area contributed by atoms with Gasteiger partial charge in [-0.25, -0.2) is 0 Å². The lowest BCUT2D eigenvalue weighted by molar-refractivity contribution is 0.872. The van der Waals surface area contributed by atoms with Crippen LogP contribution in [0.25, 0.3) is 44.5 Å². The molecule has 0 fully saturated rings. The van der Waals surface area contributed by atoms with Crippen LogP contribution in [-0.2, 0) is 0 Å². The monoisotopic (exact) mass is 424 g/mol. The number of benzene rings is 5. The minimum Gasteiger partial charge on any atom is -0.0622 e. The molecule has 0 nitrogen and oxygen atoms in total. The molecule has 5 rings (SSSR count). The number of rotatable bonds is 5. The Morgan fingerprint density at radius 3 is 1.00 bits per heavy atom. The molecule has 5 aromatic carbocycles. The molecule has 0 amide bonds. The first-order chi connectivity index (χ1) is 16.2. The fraction of sp³-hybridized carbons (Fsp3) is 0.0909. The summed E-state index contributed by atoms with van der Waals surface area (Å²) >= 11 is 0. The van der Waals surface area contributed by atoms with E-state index in [1.165, 1.54) is 50.1 Å². The molecule has 0 radical (unpaired) electrons. The summed E-state index contributed by atoms with van der Waals surface area (Å²) in [6.45, 7) is 4.63. The normalized spacial score (nSPS) is 11.0. The van der Waals surface area contributed by atoms with Crippen molar-refractivity contribution in [2.24, 2.45) is 0 Å². The summed E-state index contributed by atoms with van der Waals surface area (Å²) in [7, 11) is 0. The van der Waals surface area contributed by atoms with Crippen molar-refractivity contribution in [2.45, 2.75) is 19.8 Å². The van der Waals surface area contributed by atoms with Crippen LogP contribution in [0.1, 0.15) is 25.3 Å². The average molecular weight is 425 g/mol. The van der Waals surface area contributed by atoms with Crippen LogP contribution in [0.3, 0.4) is 0 Å². The predicted molar refractivity (Wildman–Crippen MR) is 142 cm³/mol. The fourth-order valence-corrected chi connectivity index (χ4v) is 4.80. The minimum atomic E-state index is 0.349. The van der Waals surface area contributed by atoms with Crippen LogP contribution in [0.2, 0.25) is 0 Å². The molecule has 0 unspecified atom stereocenters. The van der Waals surface area contributed by atoms with E-state index >= 15 is 0 Å². The lowest BCUT2D eigenvalue weighted by Gasteiger charge is -2.26. The molecule has 0 aliphatic rings. The van der Waals surface area contributed by atoms with E-state index in [0.29, 0.717) is 5.92 Å². The SMILES string of the molecule is CC(C)c1c(-c2ccccc2)c(-c2ccccc2)cc(-c2ccccc2)c1-c1ccccc1. The second-order valence-corrected chi connectivity index (χ2v) is 8.75. The highest BCUT2D eigenvalue weighted by molar-refractivity contribution is 5.98. The molecule has 0 heterocycles. The number of hydrogen-bond acceptors (Lipinski definition) is 0. The highest BCUT2D eigenvalue weighted by Crippen LogP contribution is 2.48. The van der Waals surface area contributed by atoms with Crippen LogP contribution in [0.4, 0.5) is 0 Å². The first-order valence-electron chi connectivity index (χ1n) is 11.7. The summed E-state index contributed by atoms with van der Waals surface area (Å²) in [6, 6.07) is 45.7. The van der Waals surface area contributed by atoms with E-state index < -0.39 is 0 Å². The third kappa shape index (κ3) is 4.13. The predicted octanol–water partition coefficient (Wildman–Crippen LogP) is 9.48. The first-order valence-corrected chi connectivity index (χ1v) is 11.7. The quantitative estimate of drug-likeness (QED) is 0.263. The molecule has 0 spiro atoms. The molecule has 0 heteroatoms. The summed E-state index contributed by atoms with van der Waals surface area (Å²) in [5, 5.41) is 0. The highest BCUT2D eigenvalue weighted by atomic mass is 14.3.